The summed E-state index contributed by atoms with van der Waals surface area (Å²) < 4.78 is 20.3. The van der Waals surface area contributed by atoms with Crippen molar-refractivity contribution >= 4 is 16.7 Å². The highest BCUT2D eigenvalue weighted by Gasteiger charge is 2.19. The van der Waals surface area contributed by atoms with Gasteiger partial charge in [-0.15, -0.1) is 5.10 Å². The SMILES string of the molecule is COc1ccc(CCn2c(C)c(C)c3c2ncn2nc(-c4ccccc4OC)nc32)cc1OC. The summed E-state index contributed by atoms with van der Waals surface area (Å²) in [6.07, 6.45) is 2.56. The number of hydrogen-bond donors (Lipinski definition) is 0. The summed E-state index contributed by atoms with van der Waals surface area (Å²) in [6, 6.07) is 13.8. The molecule has 3 heterocycles. The highest BCUT2D eigenvalue weighted by molar-refractivity contribution is 5.94. The van der Waals surface area contributed by atoms with Crippen LogP contribution in [0.15, 0.2) is 48.8 Å². The van der Waals surface area contributed by atoms with Crippen LogP contribution in [0, 0.1) is 13.8 Å². The molecule has 0 amide bonds. The molecule has 0 bridgehead atoms. The molecule has 0 fully saturated rings. The van der Waals surface area contributed by atoms with Gasteiger partial charge in [-0.3, -0.25) is 0 Å². The average Bonchev–Trinajstić information content (AvgIpc) is 3.41. The van der Waals surface area contributed by atoms with Crippen molar-refractivity contribution in [3.8, 4) is 28.6 Å². The molecule has 8 nitrogen and oxygen atoms in total. The van der Waals surface area contributed by atoms with Gasteiger partial charge in [0.05, 0.1) is 32.3 Å². The van der Waals surface area contributed by atoms with Crippen LogP contribution in [0.5, 0.6) is 17.2 Å². The molecule has 0 radical (unpaired) electrons. The smallest absolute Gasteiger partial charge is 0.185 e. The van der Waals surface area contributed by atoms with E-state index in [0.29, 0.717) is 5.82 Å². The highest BCUT2D eigenvalue weighted by atomic mass is 16.5. The zero-order valence-electron chi connectivity index (χ0n) is 20.0. The van der Waals surface area contributed by atoms with Crippen molar-refractivity contribution < 1.29 is 14.2 Å². The van der Waals surface area contributed by atoms with E-state index < -0.39 is 0 Å². The predicted octanol–water partition coefficient (Wildman–Crippen LogP) is 4.63. The maximum absolute atomic E-state index is 5.51. The number of rotatable bonds is 7. The first-order chi connectivity index (χ1) is 16.5. The molecule has 8 heteroatoms. The van der Waals surface area contributed by atoms with Crippen molar-refractivity contribution in [1.29, 1.82) is 0 Å². The summed E-state index contributed by atoms with van der Waals surface area (Å²) >= 11 is 0. The molecule has 3 aromatic heterocycles. The molecule has 0 aliphatic carbocycles. The van der Waals surface area contributed by atoms with Gasteiger partial charge in [0.25, 0.3) is 0 Å². The van der Waals surface area contributed by atoms with Gasteiger partial charge in [-0.05, 0) is 55.7 Å². The van der Waals surface area contributed by atoms with Crippen LogP contribution in [0.3, 0.4) is 0 Å². The van der Waals surface area contributed by atoms with Crippen LogP contribution in [-0.2, 0) is 13.0 Å². The summed E-state index contributed by atoms with van der Waals surface area (Å²) in [7, 11) is 4.95. The minimum absolute atomic E-state index is 0.613. The van der Waals surface area contributed by atoms with Crippen LogP contribution in [0.1, 0.15) is 16.8 Å². The van der Waals surface area contributed by atoms with Gasteiger partial charge >= 0.3 is 0 Å². The Kier molecular flexibility index (Phi) is 5.57. The van der Waals surface area contributed by atoms with E-state index in [9.17, 15) is 0 Å². The fraction of sp³-hybridized carbons (Fsp3) is 0.269. The minimum atomic E-state index is 0.613. The number of ether oxygens (including phenoxy) is 3. The molecule has 0 unspecified atom stereocenters. The summed E-state index contributed by atoms with van der Waals surface area (Å²) in [4.78, 5) is 9.64. The van der Waals surface area contributed by atoms with Crippen molar-refractivity contribution in [2.45, 2.75) is 26.8 Å². The topological polar surface area (TPSA) is 75.7 Å². The molecule has 0 N–H and O–H groups in total. The van der Waals surface area contributed by atoms with Crippen LogP contribution in [0.4, 0.5) is 0 Å². The molecule has 0 saturated heterocycles. The van der Waals surface area contributed by atoms with E-state index in [0.717, 1.165) is 63.7 Å². The number of aryl methyl sites for hydroxylation is 3. The van der Waals surface area contributed by atoms with E-state index in [2.05, 4.69) is 29.6 Å². The van der Waals surface area contributed by atoms with Gasteiger partial charge in [-0.1, -0.05) is 18.2 Å². The third-order valence-corrected chi connectivity index (χ3v) is 6.37. The molecule has 5 rings (SSSR count). The van der Waals surface area contributed by atoms with E-state index in [4.69, 9.17) is 24.2 Å². The standard InChI is InChI=1S/C26H27N5O3/c1-16-17(2)30(13-12-18-10-11-21(33-4)22(14-18)34-5)25-23(16)26-28-24(29-31(26)15-27-25)19-8-6-7-9-20(19)32-3/h6-11,14-15H,12-13H2,1-5H3. The number of aromatic nitrogens is 5. The molecule has 34 heavy (non-hydrogen) atoms. The normalized spacial score (nSPS) is 11.3. The fourth-order valence-corrected chi connectivity index (χ4v) is 4.42. The molecule has 2 aromatic carbocycles. The molecular formula is C26H27N5O3. The summed E-state index contributed by atoms with van der Waals surface area (Å²) in [6.45, 7) is 5.02. The summed E-state index contributed by atoms with van der Waals surface area (Å²) in [5.41, 5.74) is 6.03. The van der Waals surface area contributed by atoms with Crippen LogP contribution in [-0.4, -0.2) is 45.5 Å². The molecule has 0 atom stereocenters. The average molecular weight is 458 g/mol. The Hall–Kier alpha value is -4.07. The van der Waals surface area contributed by atoms with E-state index in [-0.39, 0.29) is 0 Å². The first kappa shape index (κ1) is 21.8. The Labute approximate surface area is 197 Å². The van der Waals surface area contributed by atoms with Gasteiger partial charge < -0.3 is 18.8 Å². The van der Waals surface area contributed by atoms with Crippen LogP contribution >= 0.6 is 0 Å². The zero-order valence-corrected chi connectivity index (χ0v) is 20.0. The van der Waals surface area contributed by atoms with Gasteiger partial charge in [0.1, 0.15) is 17.7 Å². The number of methoxy groups -OCH3 is 3. The van der Waals surface area contributed by atoms with E-state index >= 15 is 0 Å². The molecule has 174 valence electrons. The first-order valence-corrected chi connectivity index (χ1v) is 11.1. The number of benzene rings is 2. The Morgan fingerprint density at radius 3 is 2.38 bits per heavy atom. The Morgan fingerprint density at radius 1 is 0.853 bits per heavy atom. The van der Waals surface area contributed by atoms with Crippen molar-refractivity contribution in [3.05, 3.63) is 65.6 Å². The number of nitrogens with zero attached hydrogens (tertiary/aromatic N) is 5. The lowest BCUT2D eigenvalue weighted by molar-refractivity contribution is 0.354. The van der Waals surface area contributed by atoms with E-state index in [1.54, 1.807) is 32.2 Å². The lowest BCUT2D eigenvalue weighted by Gasteiger charge is -2.11. The van der Waals surface area contributed by atoms with Gasteiger partial charge in [0.15, 0.2) is 23.0 Å². The lowest BCUT2D eigenvalue weighted by Crippen LogP contribution is -2.05. The van der Waals surface area contributed by atoms with Crippen LogP contribution in [0.25, 0.3) is 28.1 Å². The minimum Gasteiger partial charge on any atom is -0.496 e. The largest absolute Gasteiger partial charge is 0.496 e. The van der Waals surface area contributed by atoms with Crippen molar-refractivity contribution in [2.24, 2.45) is 0 Å². The molecule has 0 saturated carbocycles. The molecule has 5 aromatic rings. The fourth-order valence-electron chi connectivity index (χ4n) is 4.42. The van der Waals surface area contributed by atoms with Gasteiger partial charge in [-0.2, -0.15) is 0 Å². The molecule has 0 aliphatic rings. The Bertz CT molecular complexity index is 1500. The maximum atomic E-state index is 5.51. The number of fused-ring (bicyclic) bond motifs is 3. The third-order valence-electron chi connectivity index (χ3n) is 6.37. The van der Waals surface area contributed by atoms with Gasteiger partial charge in [-0.25, -0.2) is 14.5 Å². The van der Waals surface area contributed by atoms with Crippen LogP contribution < -0.4 is 14.2 Å². The first-order valence-electron chi connectivity index (χ1n) is 11.1. The van der Waals surface area contributed by atoms with Gasteiger partial charge in [0.2, 0.25) is 0 Å². The lowest BCUT2D eigenvalue weighted by atomic mass is 10.1. The molecular weight excluding hydrogens is 430 g/mol. The maximum Gasteiger partial charge on any atom is 0.185 e. The van der Waals surface area contributed by atoms with Crippen molar-refractivity contribution in [3.63, 3.8) is 0 Å². The number of para-hydroxylation sites is 1. The third kappa shape index (κ3) is 3.51. The summed E-state index contributed by atoms with van der Waals surface area (Å²) in [5, 5.41) is 5.69. The highest BCUT2D eigenvalue weighted by Crippen LogP contribution is 2.32. The predicted molar refractivity (Wildman–Crippen MR) is 131 cm³/mol. The molecule has 0 aliphatic heterocycles. The van der Waals surface area contributed by atoms with Crippen molar-refractivity contribution in [1.82, 2.24) is 24.1 Å². The summed E-state index contributed by atoms with van der Waals surface area (Å²) in [5.74, 6) is 2.81. The Morgan fingerprint density at radius 2 is 1.62 bits per heavy atom. The second kappa shape index (κ2) is 8.70. The number of hydrogen-bond acceptors (Lipinski definition) is 6. The molecule has 0 spiro atoms. The second-order valence-electron chi connectivity index (χ2n) is 8.15. The Balaban J connectivity index is 1.55. The van der Waals surface area contributed by atoms with E-state index in [1.807, 2.05) is 36.4 Å². The van der Waals surface area contributed by atoms with Crippen LogP contribution in [0.2, 0.25) is 0 Å². The second-order valence-corrected chi connectivity index (χ2v) is 8.15. The van der Waals surface area contributed by atoms with Gasteiger partial charge in [0, 0.05) is 12.2 Å². The monoisotopic (exact) mass is 457 g/mol. The quantitative estimate of drug-likeness (QED) is 0.355. The zero-order chi connectivity index (χ0) is 23.8. The van der Waals surface area contributed by atoms with Crippen molar-refractivity contribution in [2.75, 3.05) is 21.3 Å². The van der Waals surface area contributed by atoms with E-state index in [1.165, 1.54) is 5.56 Å².